The zero-order chi connectivity index (χ0) is 48.1. The first-order valence-corrected chi connectivity index (χ1v) is 18.1. The van der Waals surface area contributed by atoms with Crippen LogP contribution in [0.5, 0.6) is 11.5 Å². The fourth-order valence-corrected chi connectivity index (χ4v) is 10.00. The van der Waals surface area contributed by atoms with Crippen molar-refractivity contribution in [2.24, 2.45) is 0 Å². The quantitative estimate of drug-likeness (QED) is 0.165. The Hall–Kier alpha value is -6.96. The SMILES string of the molecule is [2H]c1c([2H])c([2H])c2c(c1[2H])Oc1c([2H])c([2H])c(-c3c([2H])c([2H])c4c(c3[2H])C3(c5ccccc5-c5c3ccc3ccccc53)c3c([2H])c([2H])c([2H])c([2H])c3-4)c([2H])c1C21c2ccccc2-c2ccccc21. The summed E-state index contributed by atoms with van der Waals surface area (Å²) in [5, 5.41) is 1.75. The van der Waals surface area contributed by atoms with Gasteiger partial charge in [-0.2, -0.15) is 0 Å². The molecule has 1 heterocycles. The predicted molar refractivity (Wildman–Crippen MR) is 223 cm³/mol. The third-order valence-electron chi connectivity index (χ3n) is 12.0. The molecule has 2 spiro atoms. The van der Waals surface area contributed by atoms with E-state index in [-0.39, 0.29) is 62.0 Å². The van der Waals surface area contributed by atoms with Crippen LogP contribution in [0.25, 0.3) is 55.3 Å². The maximum absolute atomic E-state index is 10.6. The summed E-state index contributed by atoms with van der Waals surface area (Å²) in [4.78, 5) is 0. The molecule has 0 aromatic heterocycles. The molecule has 0 saturated heterocycles. The van der Waals surface area contributed by atoms with E-state index in [0.29, 0.717) is 33.4 Å². The van der Waals surface area contributed by atoms with Crippen LogP contribution in [0.3, 0.4) is 0 Å². The summed E-state index contributed by atoms with van der Waals surface area (Å²) in [5.41, 5.74) is 1.03. The molecule has 0 bridgehead atoms. The largest absolute Gasteiger partial charge is 0.457 e. The maximum Gasteiger partial charge on any atom is 0.132 e. The van der Waals surface area contributed by atoms with Gasteiger partial charge in [0.15, 0.2) is 0 Å². The molecule has 1 nitrogen and oxygen atoms in total. The second-order valence-electron chi connectivity index (χ2n) is 14.4. The van der Waals surface area contributed by atoms with Crippen LogP contribution in [0.2, 0.25) is 0 Å². The number of rotatable bonds is 1. The zero-order valence-corrected chi connectivity index (χ0v) is 28.8. The minimum absolute atomic E-state index is 0.00791. The van der Waals surface area contributed by atoms with E-state index in [1.165, 1.54) is 0 Å². The van der Waals surface area contributed by atoms with Crippen LogP contribution in [0.15, 0.2) is 194 Å². The van der Waals surface area contributed by atoms with Crippen LogP contribution in [0, 0.1) is 0 Å². The molecule has 1 unspecified atom stereocenters. The maximum atomic E-state index is 10.6. The fraction of sp³-hybridized carbons (Fsp3) is 0.0370. The molecule has 1 heteroatoms. The molecule has 0 amide bonds. The molecule has 4 aliphatic rings. The van der Waals surface area contributed by atoms with E-state index in [2.05, 4.69) is 0 Å². The number of para-hydroxylation sites is 1. The number of hydrogen-bond acceptors (Lipinski definition) is 1. The van der Waals surface area contributed by atoms with Crippen molar-refractivity contribution in [2.45, 2.75) is 10.8 Å². The second kappa shape index (κ2) is 10.4. The highest BCUT2D eigenvalue weighted by Gasteiger charge is 2.53. The van der Waals surface area contributed by atoms with E-state index in [4.69, 9.17) is 11.6 Å². The Balaban J connectivity index is 1.22. The summed E-state index contributed by atoms with van der Waals surface area (Å²) in [6.45, 7) is 0. The van der Waals surface area contributed by atoms with Crippen molar-refractivity contribution in [1.82, 2.24) is 0 Å². The summed E-state index contributed by atoms with van der Waals surface area (Å²) in [6, 6.07) is 26.4. The van der Waals surface area contributed by atoms with E-state index >= 15 is 0 Å². The molecule has 13 rings (SSSR count). The fourth-order valence-electron chi connectivity index (χ4n) is 10.00. The molecular weight excluding hydrogens is 665 g/mol. The monoisotopic (exact) mass is 710 g/mol. The number of fused-ring (bicyclic) bond motifs is 21. The van der Waals surface area contributed by atoms with Gasteiger partial charge in [0.05, 0.1) is 30.0 Å². The molecule has 0 radical (unpaired) electrons. The molecular formula is C54H32O. The first kappa shape index (κ1) is 19.4. The standard InChI is InChI=1S/C54H32O/c1-2-14-36-33(13-1)26-29-47-52(36)41-18-6-10-22-45(41)54(47)44-21-9-5-17-39(44)40-28-25-34(31-48(40)54)35-27-30-51-49(32-35)53(46-23-11-12-24-50(46)55-51)42-19-7-3-15-37(42)38-16-4-8-20-43(38)53/h1-32H/i5D,9D,11D,12D,17D,21D,23D,24D,25D,27D,28D,30D,31D,32D. The lowest BCUT2D eigenvalue weighted by Crippen LogP contribution is -2.32. The van der Waals surface area contributed by atoms with E-state index in [1.54, 1.807) is 24.3 Å². The van der Waals surface area contributed by atoms with Gasteiger partial charge in [-0.15, -0.1) is 0 Å². The number of hydrogen-bond donors (Lipinski definition) is 0. The van der Waals surface area contributed by atoms with Crippen molar-refractivity contribution >= 4 is 10.8 Å². The molecule has 9 aromatic rings. The second-order valence-corrected chi connectivity index (χ2v) is 14.4. The Morgan fingerprint density at radius 1 is 0.364 bits per heavy atom. The molecule has 254 valence electrons. The lowest BCUT2D eigenvalue weighted by molar-refractivity contribution is 0.436. The van der Waals surface area contributed by atoms with Crippen LogP contribution in [-0.2, 0) is 10.8 Å². The first-order valence-electron chi connectivity index (χ1n) is 25.1. The average Bonchev–Trinajstić information content (AvgIpc) is 3.96. The number of benzene rings is 9. The average molecular weight is 711 g/mol. The minimum Gasteiger partial charge on any atom is -0.457 e. The molecule has 0 saturated carbocycles. The highest BCUT2D eigenvalue weighted by molar-refractivity contribution is 6.06. The van der Waals surface area contributed by atoms with Crippen LogP contribution in [0.4, 0.5) is 0 Å². The summed E-state index contributed by atoms with van der Waals surface area (Å²) < 4.78 is 140. The number of ether oxygens (including phenoxy) is 1. The van der Waals surface area contributed by atoms with Crippen LogP contribution in [-0.4, -0.2) is 0 Å². The Morgan fingerprint density at radius 3 is 1.73 bits per heavy atom. The Bertz CT molecular complexity index is 3910. The lowest BCUT2D eigenvalue weighted by Gasteiger charge is -2.39. The molecule has 3 aliphatic carbocycles. The molecule has 9 aromatic carbocycles. The topological polar surface area (TPSA) is 9.23 Å². The smallest absolute Gasteiger partial charge is 0.132 e. The van der Waals surface area contributed by atoms with E-state index in [1.807, 2.05) is 84.9 Å². The molecule has 0 fully saturated rings. The third kappa shape index (κ3) is 3.46. The normalized spacial score (nSPS) is 20.3. The molecule has 55 heavy (non-hydrogen) atoms. The van der Waals surface area contributed by atoms with Gasteiger partial charge >= 0.3 is 0 Å². The van der Waals surface area contributed by atoms with Crippen molar-refractivity contribution in [1.29, 1.82) is 0 Å². The van der Waals surface area contributed by atoms with Crippen molar-refractivity contribution < 1.29 is 23.9 Å². The van der Waals surface area contributed by atoms with Gasteiger partial charge in [0.2, 0.25) is 0 Å². The van der Waals surface area contributed by atoms with Crippen LogP contribution in [0.1, 0.15) is 63.7 Å². The minimum atomic E-state index is -1.76. The van der Waals surface area contributed by atoms with Gasteiger partial charge in [0.1, 0.15) is 11.5 Å². The van der Waals surface area contributed by atoms with Crippen molar-refractivity contribution in [3.63, 3.8) is 0 Å². The van der Waals surface area contributed by atoms with Gasteiger partial charge in [0.25, 0.3) is 0 Å². The molecule has 0 N–H and O–H groups in total. The first-order chi connectivity index (χ1) is 33.1. The van der Waals surface area contributed by atoms with Gasteiger partial charge in [-0.05, 0) is 113 Å². The third-order valence-corrected chi connectivity index (χ3v) is 12.0. The van der Waals surface area contributed by atoms with Gasteiger partial charge in [-0.1, -0.05) is 170 Å². The Kier molecular flexibility index (Phi) is 3.66. The van der Waals surface area contributed by atoms with E-state index in [0.717, 1.165) is 21.9 Å². The molecule has 1 aliphatic heterocycles. The van der Waals surface area contributed by atoms with Crippen molar-refractivity contribution in [3.8, 4) is 56.0 Å². The van der Waals surface area contributed by atoms with Crippen molar-refractivity contribution in [3.05, 3.63) is 238 Å². The zero-order valence-electron chi connectivity index (χ0n) is 42.8. The van der Waals surface area contributed by atoms with Gasteiger partial charge in [0, 0.05) is 11.1 Å². The molecule has 1 atom stereocenters. The van der Waals surface area contributed by atoms with Gasteiger partial charge in [-0.3, -0.25) is 0 Å². The van der Waals surface area contributed by atoms with E-state index in [9.17, 15) is 12.3 Å². The highest BCUT2D eigenvalue weighted by Crippen LogP contribution is 2.65. The van der Waals surface area contributed by atoms with Gasteiger partial charge < -0.3 is 4.74 Å². The van der Waals surface area contributed by atoms with E-state index < -0.39 is 89.4 Å². The van der Waals surface area contributed by atoms with Crippen LogP contribution < -0.4 is 4.74 Å². The van der Waals surface area contributed by atoms with Crippen molar-refractivity contribution in [2.75, 3.05) is 0 Å². The highest BCUT2D eigenvalue weighted by atomic mass is 16.5. The summed E-state index contributed by atoms with van der Waals surface area (Å²) in [6.07, 6.45) is 0. The summed E-state index contributed by atoms with van der Waals surface area (Å²) in [5.74, 6) is -0.569. The lowest BCUT2D eigenvalue weighted by atomic mass is 9.65. The summed E-state index contributed by atoms with van der Waals surface area (Å²) >= 11 is 0. The Morgan fingerprint density at radius 2 is 0.927 bits per heavy atom. The Labute approximate surface area is 339 Å². The van der Waals surface area contributed by atoms with Crippen LogP contribution >= 0.6 is 0 Å². The van der Waals surface area contributed by atoms with Gasteiger partial charge in [-0.25, -0.2) is 0 Å². The summed E-state index contributed by atoms with van der Waals surface area (Å²) in [7, 11) is 0. The predicted octanol–water partition coefficient (Wildman–Crippen LogP) is 13.3.